The molecule has 1 fully saturated rings. The second-order valence-corrected chi connectivity index (χ2v) is 9.71. The van der Waals surface area contributed by atoms with E-state index in [4.69, 9.17) is 11.6 Å². The minimum absolute atomic E-state index is 0.0585. The standard InChI is InChI=1S/C20H23ClN4O2S/c1-14-8-11-25(28(26,27)16-5-3-4-15(21)12-16)13-19(14)24(2)18-7-10-23-20-17(18)6-9-22-20/h3-7,9-10,12,14,19H,8,11,13H2,1-2H3,(H,22,23)/t14-,19?/m1/s1. The molecule has 1 aliphatic heterocycles. The third-order valence-corrected chi connectivity index (χ3v) is 7.73. The first-order valence-corrected chi connectivity index (χ1v) is 11.1. The highest BCUT2D eigenvalue weighted by Gasteiger charge is 2.36. The molecule has 2 aromatic heterocycles. The first kappa shape index (κ1) is 19.2. The Hall–Kier alpha value is -2.09. The highest BCUT2D eigenvalue weighted by molar-refractivity contribution is 7.89. The van der Waals surface area contributed by atoms with Crippen LogP contribution in [0.2, 0.25) is 5.02 Å². The summed E-state index contributed by atoms with van der Waals surface area (Å²) in [5.74, 6) is 0.359. The van der Waals surface area contributed by atoms with Crippen LogP contribution in [-0.2, 0) is 10.0 Å². The fourth-order valence-corrected chi connectivity index (χ4v) is 5.73. The number of aromatic amines is 1. The van der Waals surface area contributed by atoms with Crippen LogP contribution in [0.15, 0.2) is 53.7 Å². The molecule has 6 nitrogen and oxygen atoms in total. The summed E-state index contributed by atoms with van der Waals surface area (Å²) in [5, 5.41) is 1.46. The van der Waals surface area contributed by atoms with Crippen molar-refractivity contribution in [1.82, 2.24) is 14.3 Å². The molecule has 1 N–H and O–H groups in total. The molecular weight excluding hydrogens is 396 g/mol. The number of nitrogens with one attached hydrogen (secondary N) is 1. The molecule has 1 aliphatic rings. The molecule has 0 spiro atoms. The Morgan fingerprint density at radius 2 is 2.11 bits per heavy atom. The predicted octanol–water partition coefficient (Wildman–Crippen LogP) is 3.75. The van der Waals surface area contributed by atoms with Crippen LogP contribution in [0.1, 0.15) is 13.3 Å². The molecule has 0 bridgehead atoms. The van der Waals surface area contributed by atoms with Crippen LogP contribution in [0.25, 0.3) is 11.0 Å². The van der Waals surface area contributed by atoms with Crippen molar-refractivity contribution in [2.75, 3.05) is 25.0 Å². The number of hydrogen-bond donors (Lipinski definition) is 1. The van der Waals surface area contributed by atoms with Gasteiger partial charge in [-0.3, -0.25) is 0 Å². The number of pyridine rings is 1. The van der Waals surface area contributed by atoms with Crippen LogP contribution in [0.5, 0.6) is 0 Å². The zero-order valence-corrected chi connectivity index (χ0v) is 17.4. The molecular formula is C20H23ClN4O2S. The molecule has 3 aromatic rings. The molecule has 0 saturated carbocycles. The lowest BCUT2D eigenvalue weighted by Crippen LogP contribution is -2.52. The zero-order valence-electron chi connectivity index (χ0n) is 15.8. The van der Waals surface area contributed by atoms with E-state index in [9.17, 15) is 8.42 Å². The minimum Gasteiger partial charge on any atom is -0.369 e. The quantitative estimate of drug-likeness (QED) is 0.700. The number of fused-ring (bicyclic) bond motifs is 1. The van der Waals surface area contributed by atoms with Gasteiger partial charge in [0.2, 0.25) is 10.0 Å². The molecule has 0 radical (unpaired) electrons. The lowest BCUT2D eigenvalue weighted by Gasteiger charge is -2.42. The van der Waals surface area contributed by atoms with Crippen molar-refractivity contribution < 1.29 is 8.42 Å². The van der Waals surface area contributed by atoms with Crippen molar-refractivity contribution in [2.24, 2.45) is 5.92 Å². The summed E-state index contributed by atoms with van der Waals surface area (Å²) in [7, 11) is -1.56. The lowest BCUT2D eigenvalue weighted by atomic mass is 9.93. The molecule has 28 heavy (non-hydrogen) atoms. The van der Waals surface area contributed by atoms with E-state index in [1.807, 2.05) is 25.4 Å². The molecule has 1 aromatic carbocycles. The van der Waals surface area contributed by atoms with Gasteiger partial charge in [-0.05, 0) is 42.7 Å². The molecule has 3 heterocycles. The van der Waals surface area contributed by atoms with Gasteiger partial charge in [0, 0.05) is 54.7 Å². The maximum Gasteiger partial charge on any atom is 0.243 e. The summed E-state index contributed by atoms with van der Waals surface area (Å²) in [6.45, 7) is 3.12. The number of rotatable bonds is 4. The number of piperidine rings is 1. The number of benzene rings is 1. The van der Waals surface area contributed by atoms with Crippen molar-refractivity contribution in [3.8, 4) is 0 Å². The van der Waals surface area contributed by atoms with Crippen LogP contribution < -0.4 is 4.90 Å². The van der Waals surface area contributed by atoms with E-state index < -0.39 is 10.0 Å². The van der Waals surface area contributed by atoms with Crippen LogP contribution >= 0.6 is 11.6 Å². The van der Waals surface area contributed by atoms with E-state index >= 15 is 0 Å². The SMILES string of the molecule is C[C@@H]1CCN(S(=O)(=O)c2cccc(Cl)c2)CC1N(C)c1ccnc2[nH]ccc12. The molecule has 1 unspecified atom stereocenters. The van der Waals surface area contributed by atoms with Gasteiger partial charge in [-0.25, -0.2) is 13.4 Å². The van der Waals surface area contributed by atoms with E-state index in [2.05, 4.69) is 21.8 Å². The van der Waals surface area contributed by atoms with Crippen molar-refractivity contribution >= 4 is 38.3 Å². The second kappa shape index (κ2) is 7.39. The van der Waals surface area contributed by atoms with Gasteiger partial charge >= 0.3 is 0 Å². The van der Waals surface area contributed by atoms with Crippen molar-refractivity contribution in [3.05, 3.63) is 53.8 Å². The van der Waals surface area contributed by atoms with Gasteiger partial charge in [-0.2, -0.15) is 4.31 Å². The molecule has 0 aliphatic carbocycles. The van der Waals surface area contributed by atoms with Gasteiger partial charge in [-0.15, -0.1) is 0 Å². The molecule has 8 heteroatoms. The predicted molar refractivity (Wildman–Crippen MR) is 112 cm³/mol. The fraction of sp³-hybridized carbons (Fsp3) is 0.350. The molecule has 4 rings (SSSR count). The largest absolute Gasteiger partial charge is 0.369 e. The minimum atomic E-state index is -3.58. The number of nitrogens with zero attached hydrogens (tertiary/aromatic N) is 3. The first-order valence-electron chi connectivity index (χ1n) is 9.28. The Balaban J connectivity index is 1.64. The lowest BCUT2D eigenvalue weighted by molar-refractivity contribution is 0.248. The van der Waals surface area contributed by atoms with Crippen LogP contribution in [0, 0.1) is 5.92 Å². The fourth-order valence-electron chi connectivity index (χ4n) is 3.95. The second-order valence-electron chi connectivity index (χ2n) is 7.33. The highest BCUT2D eigenvalue weighted by Crippen LogP contribution is 2.32. The van der Waals surface area contributed by atoms with E-state index in [1.54, 1.807) is 28.7 Å². The Morgan fingerprint density at radius 1 is 1.29 bits per heavy atom. The Bertz CT molecular complexity index is 1100. The number of likely N-dealkylation sites (N-methyl/N-ethyl adjacent to an activating group) is 1. The molecule has 148 valence electrons. The summed E-state index contributed by atoms with van der Waals surface area (Å²) in [4.78, 5) is 9.91. The maximum absolute atomic E-state index is 13.2. The van der Waals surface area contributed by atoms with Gasteiger partial charge in [0.1, 0.15) is 5.65 Å². The van der Waals surface area contributed by atoms with E-state index in [1.165, 1.54) is 6.07 Å². The monoisotopic (exact) mass is 418 g/mol. The average molecular weight is 419 g/mol. The third-order valence-electron chi connectivity index (χ3n) is 5.63. The van der Waals surface area contributed by atoms with Gasteiger partial charge in [0.25, 0.3) is 0 Å². The average Bonchev–Trinajstić information content (AvgIpc) is 3.16. The Labute approximate surface area is 170 Å². The number of sulfonamides is 1. The molecule has 1 saturated heterocycles. The van der Waals surface area contributed by atoms with Crippen molar-refractivity contribution in [2.45, 2.75) is 24.3 Å². The van der Waals surface area contributed by atoms with Gasteiger partial charge in [-0.1, -0.05) is 24.6 Å². The number of anilines is 1. The Kier molecular flexibility index (Phi) is 5.07. The Morgan fingerprint density at radius 3 is 2.89 bits per heavy atom. The zero-order chi connectivity index (χ0) is 19.9. The van der Waals surface area contributed by atoms with Gasteiger partial charge in [0.05, 0.1) is 4.90 Å². The first-order chi connectivity index (χ1) is 13.4. The van der Waals surface area contributed by atoms with Crippen molar-refractivity contribution in [3.63, 3.8) is 0 Å². The maximum atomic E-state index is 13.2. The summed E-state index contributed by atoms with van der Waals surface area (Å²) >= 11 is 6.02. The third kappa shape index (κ3) is 3.38. The number of aromatic nitrogens is 2. The number of hydrogen-bond acceptors (Lipinski definition) is 4. The van der Waals surface area contributed by atoms with Gasteiger partial charge in [0.15, 0.2) is 0 Å². The number of halogens is 1. The smallest absolute Gasteiger partial charge is 0.243 e. The van der Waals surface area contributed by atoms with E-state index in [0.29, 0.717) is 24.0 Å². The van der Waals surface area contributed by atoms with Gasteiger partial charge < -0.3 is 9.88 Å². The van der Waals surface area contributed by atoms with Crippen LogP contribution in [0.3, 0.4) is 0 Å². The summed E-state index contributed by atoms with van der Waals surface area (Å²) < 4.78 is 27.9. The number of H-pyrrole nitrogens is 1. The van der Waals surface area contributed by atoms with Crippen LogP contribution in [0.4, 0.5) is 5.69 Å². The summed E-state index contributed by atoms with van der Waals surface area (Å²) in [5.41, 5.74) is 1.88. The van der Waals surface area contributed by atoms with Crippen LogP contribution in [-0.4, -0.2) is 48.9 Å². The molecule has 2 atom stereocenters. The summed E-state index contributed by atoms with van der Waals surface area (Å²) in [6, 6.07) is 10.5. The van der Waals surface area contributed by atoms with E-state index in [0.717, 1.165) is 23.1 Å². The molecule has 0 amide bonds. The van der Waals surface area contributed by atoms with E-state index in [-0.39, 0.29) is 10.9 Å². The van der Waals surface area contributed by atoms with Crippen molar-refractivity contribution in [1.29, 1.82) is 0 Å². The summed E-state index contributed by atoms with van der Waals surface area (Å²) in [6.07, 6.45) is 4.45. The highest BCUT2D eigenvalue weighted by atomic mass is 35.5. The normalized spacial score (nSPS) is 21.1. The topological polar surface area (TPSA) is 69.3 Å².